The first-order chi connectivity index (χ1) is 17.4. The molecule has 4 nitrogen and oxygen atoms in total. The molecule has 36 heavy (non-hydrogen) atoms. The molecule has 4 bridgehead atoms. The summed E-state index contributed by atoms with van der Waals surface area (Å²) in [6.07, 6.45) is 7.63. The van der Waals surface area contributed by atoms with Crippen molar-refractivity contribution in [3.05, 3.63) is 74.8 Å². The summed E-state index contributed by atoms with van der Waals surface area (Å²) >= 11 is 10.4. The van der Waals surface area contributed by atoms with E-state index in [1.54, 1.807) is 0 Å². The fraction of sp³-hybridized carbons (Fsp3) is 0.433. The molecule has 184 valence electrons. The molecule has 2 aromatic carbocycles. The van der Waals surface area contributed by atoms with E-state index in [4.69, 9.17) is 21.7 Å². The van der Waals surface area contributed by atoms with E-state index in [9.17, 15) is 4.79 Å². The first-order valence-corrected chi connectivity index (χ1v) is 14.3. The molecule has 8 rings (SSSR count). The number of amides is 1. The Balaban J connectivity index is 1.31. The summed E-state index contributed by atoms with van der Waals surface area (Å²) < 4.78 is 1.03. The van der Waals surface area contributed by atoms with Gasteiger partial charge in [-0.1, -0.05) is 51.8 Å². The van der Waals surface area contributed by atoms with Crippen LogP contribution in [0.2, 0.25) is 5.15 Å². The van der Waals surface area contributed by atoms with Crippen LogP contribution in [0.3, 0.4) is 0 Å². The van der Waals surface area contributed by atoms with Crippen LogP contribution in [0.1, 0.15) is 67.7 Å². The van der Waals surface area contributed by atoms with Gasteiger partial charge in [-0.25, -0.2) is 9.99 Å². The van der Waals surface area contributed by atoms with Crippen molar-refractivity contribution >= 4 is 50.1 Å². The van der Waals surface area contributed by atoms with Gasteiger partial charge in [0.1, 0.15) is 5.15 Å². The van der Waals surface area contributed by atoms with Gasteiger partial charge in [0.15, 0.2) is 0 Å². The van der Waals surface area contributed by atoms with Crippen LogP contribution >= 0.6 is 27.5 Å². The van der Waals surface area contributed by atoms with Gasteiger partial charge >= 0.3 is 0 Å². The van der Waals surface area contributed by atoms with Crippen molar-refractivity contribution < 1.29 is 4.79 Å². The first-order valence-electron chi connectivity index (χ1n) is 13.1. The van der Waals surface area contributed by atoms with Crippen LogP contribution in [0, 0.1) is 30.1 Å². The second-order valence-corrected chi connectivity index (χ2v) is 13.0. The normalized spacial score (nSPS) is 30.8. The Morgan fingerprint density at radius 2 is 1.67 bits per heavy atom. The molecule has 1 atom stereocenters. The molecule has 4 saturated carbocycles. The molecule has 0 spiro atoms. The average Bonchev–Trinajstić information content (AvgIpc) is 3.27. The predicted molar refractivity (Wildman–Crippen MR) is 147 cm³/mol. The minimum Gasteiger partial charge on any atom is -0.272 e. The van der Waals surface area contributed by atoms with E-state index in [1.807, 2.05) is 17.1 Å². The van der Waals surface area contributed by atoms with E-state index in [0.717, 1.165) is 57.0 Å². The second-order valence-electron chi connectivity index (χ2n) is 11.7. The fourth-order valence-corrected chi connectivity index (χ4v) is 8.41. The standard InChI is InChI=1S/C30H29BrClN3O/c1-17-2-3-22-12-24(28(32)33-25(22)8-17)27-13-26(21-4-6-23(31)7-5-21)34-35(27)29(36)30-14-18-9-19(15-30)11-20(10-18)16-30/h2-8,12,18-20,27H,9-11,13-16H2,1H3/t18?,19?,20?,27-,30?/m0/s1. The Morgan fingerprint density at radius 1 is 1.00 bits per heavy atom. The molecule has 0 N–H and O–H groups in total. The third-order valence-corrected chi connectivity index (χ3v) is 9.93. The summed E-state index contributed by atoms with van der Waals surface area (Å²) in [7, 11) is 0. The number of carbonyl (C=O) groups is 1. The van der Waals surface area contributed by atoms with E-state index < -0.39 is 0 Å². The molecule has 1 amide bonds. The van der Waals surface area contributed by atoms with E-state index >= 15 is 0 Å². The van der Waals surface area contributed by atoms with Crippen LogP contribution in [0.25, 0.3) is 10.9 Å². The molecule has 0 unspecified atom stereocenters. The third-order valence-electron chi connectivity index (χ3n) is 9.10. The number of aromatic nitrogens is 1. The van der Waals surface area contributed by atoms with Gasteiger partial charge in [0.05, 0.1) is 22.7 Å². The minimum atomic E-state index is -0.264. The highest BCUT2D eigenvalue weighted by atomic mass is 79.9. The van der Waals surface area contributed by atoms with Gasteiger partial charge in [-0.2, -0.15) is 5.10 Å². The molecule has 0 radical (unpaired) electrons. The number of aryl methyl sites for hydroxylation is 1. The highest BCUT2D eigenvalue weighted by molar-refractivity contribution is 9.10. The number of benzene rings is 2. The summed E-state index contributed by atoms with van der Waals surface area (Å²) in [4.78, 5) is 19.2. The van der Waals surface area contributed by atoms with E-state index in [-0.39, 0.29) is 17.4 Å². The summed E-state index contributed by atoms with van der Waals surface area (Å²) in [6, 6.07) is 16.3. The number of rotatable bonds is 3. The number of hydrogen-bond acceptors (Lipinski definition) is 3. The van der Waals surface area contributed by atoms with Crippen LogP contribution in [0.15, 0.2) is 58.1 Å². The third kappa shape index (κ3) is 3.73. The Morgan fingerprint density at radius 3 is 2.33 bits per heavy atom. The molecule has 4 aliphatic carbocycles. The molecule has 4 fully saturated rings. The van der Waals surface area contributed by atoms with Crippen molar-refractivity contribution in [3.8, 4) is 0 Å². The Labute approximate surface area is 225 Å². The van der Waals surface area contributed by atoms with Gasteiger partial charge in [0.25, 0.3) is 0 Å². The number of halogens is 2. The maximum Gasteiger partial charge on any atom is 0.249 e. The zero-order valence-electron chi connectivity index (χ0n) is 20.4. The maximum absolute atomic E-state index is 14.5. The molecular formula is C30H29BrClN3O. The Kier molecular flexibility index (Phi) is 5.34. The Hall–Kier alpha value is -2.24. The summed E-state index contributed by atoms with van der Waals surface area (Å²) in [5, 5.41) is 8.36. The average molecular weight is 563 g/mol. The quantitative estimate of drug-likeness (QED) is 0.305. The van der Waals surface area contributed by atoms with Crippen LogP contribution in [-0.2, 0) is 4.79 Å². The lowest BCUT2D eigenvalue weighted by atomic mass is 9.49. The fourth-order valence-electron chi connectivity index (χ4n) is 7.88. The van der Waals surface area contributed by atoms with Crippen LogP contribution < -0.4 is 0 Å². The van der Waals surface area contributed by atoms with Gasteiger partial charge in [-0.05, 0) is 98.6 Å². The molecule has 6 heteroatoms. The van der Waals surface area contributed by atoms with Crippen molar-refractivity contribution in [1.82, 2.24) is 9.99 Å². The first kappa shape index (κ1) is 22.9. The number of hydrogen-bond donors (Lipinski definition) is 0. The molecule has 2 heterocycles. The lowest BCUT2D eigenvalue weighted by molar-refractivity contribution is -0.159. The van der Waals surface area contributed by atoms with Gasteiger partial charge in [-0.3, -0.25) is 4.79 Å². The smallest absolute Gasteiger partial charge is 0.249 e. The zero-order chi connectivity index (χ0) is 24.6. The number of fused-ring (bicyclic) bond motifs is 1. The van der Waals surface area contributed by atoms with Gasteiger partial charge < -0.3 is 0 Å². The molecule has 1 aromatic heterocycles. The molecule has 3 aromatic rings. The van der Waals surface area contributed by atoms with Gasteiger partial charge in [-0.15, -0.1) is 0 Å². The number of carbonyl (C=O) groups excluding carboxylic acids is 1. The van der Waals surface area contributed by atoms with Crippen LogP contribution in [0.5, 0.6) is 0 Å². The number of nitrogens with zero attached hydrogens (tertiary/aromatic N) is 3. The van der Waals surface area contributed by atoms with Crippen LogP contribution in [0.4, 0.5) is 0 Å². The number of pyridine rings is 1. The molecule has 1 aliphatic heterocycles. The topological polar surface area (TPSA) is 45.6 Å². The van der Waals surface area contributed by atoms with Crippen molar-refractivity contribution in [2.45, 2.75) is 57.9 Å². The van der Waals surface area contributed by atoms with Crippen molar-refractivity contribution in [2.24, 2.45) is 28.3 Å². The summed E-state index contributed by atoms with van der Waals surface area (Å²) in [5.74, 6) is 2.31. The minimum absolute atomic E-state index is 0.207. The Bertz CT molecular complexity index is 1380. The van der Waals surface area contributed by atoms with Gasteiger partial charge in [0, 0.05) is 21.8 Å². The van der Waals surface area contributed by atoms with Crippen molar-refractivity contribution in [3.63, 3.8) is 0 Å². The van der Waals surface area contributed by atoms with E-state index in [1.165, 1.54) is 19.3 Å². The summed E-state index contributed by atoms with van der Waals surface area (Å²) in [5.41, 5.74) is 4.64. The van der Waals surface area contributed by atoms with E-state index in [2.05, 4.69) is 59.3 Å². The van der Waals surface area contributed by atoms with Crippen molar-refractivity contribution in [1.29, 1.82) is 0 Å². The largest absolute Gasteiger partial charge is 0.272 e. The number of hydrazone groups is 1. The monoisotopic (exact) mass is 561 g/mol. The zero-order valence-corrected chi connectivity index (χ0v) is 22.7. The van der Waals surface area contributed by atoms with Gasteiger partial charge in [0.2, 0.25) is 5.91 Å². The molecular weight excluding hydrogens is 534 g/mol. The lowest BCUT2D eigenvalue weighted by Crippen LogP contribution is -2.53. The lowest BCUT2D eigenvalue weighted by Gasteiger charge is -2.56. The highest BCUT2D eigenvalue weighted by Crippen LogP contribution is 2.61. The molecule has 5 aliphatic rings. The van der Waals surface area contributed by atoms with Crippen LogP contribution in [-0.4, -0.2) is 21.6 Å². The van der Waals surface area contributed by atoms with E-state index in [0.29, 0.717) is 29.3 Å². The SMILES string of the molecule is Cc1ccc2cc([C@@H]3CC(c4ccc(Br)cc4)=NN3C(=O)C34CC5CC(CC(C5)C3)C4)c(Cl)nc2c1. The maximum atomic E-state index is 14.5. The predicted octanol–water partition coefficient (Wildman–Crippen LogP) is 7.85. The van der Waals surface area contributed by atoms with Crippen molar-refractivity contribution in [2.75, 3.05) is 0 Å². The highest BCUT2D eigenvalue weighted by Gasteiger charge is 2.57. The summed E-state index contributed by atoms with van der Waals surface area (Å²) in [6.45, 7) is 2.06. The second kappa shape index (κ2) is 8.39. The molecule has 0 saturated heterocycles.